The minimum Gasteiger partial charge on any atom is -0.322 e. The summed E-state index contributed by atoms with van der Waals surface area (Å²) in [5.41, 5.74) is 2.99. The van der Waals surface area contributed by atoms with E-state index in [0.717, 1.165) is 17.3 Å². The zero-order chi connectivity index (χ0) is 21.4. The van der Waals surface area contributed by atoms with E-state index in [0.29, 0.717) is 21.7 Å². The molecule has 0 aliphatic carbocycles. The molecule has 0 spiro atoms. The Balaban J connectivity index is 1.67. The summed E-state index contributed by atoms with van der Waals surface area (Å²) >= 11 is 12.0. The van der Waals surface area contributed by atoms with E-state index >= 15 is 0 Å². The molecule has 0 radical (unpaired) electrons. The molecule has 30 heavy (non-hydrogen) atoms. The fourth-order valence-corrected chi connectivity index (χ4v) is 3.21. The number of nitrogens with zero attached hydrogens (tertiary/aromatic N) is 4. The van der Waals surface area contributed by atoms with Crippen LogP contribution in [0.5, 0.6) is 0 Å². The van der Waals surface area contributed by atoms with E-state index < -0.39 is 10.8 Å². The van der Waals surface area contributed by atoms with E-state index in [4.69, 9.17) is 23.2 Å². The van der Waals surface area contributed by atoms with Crippen molar-refractivity contribution in [2.24, 2.45) is 0 Å². The van der Waals surface area contributed by atoms with Crippen LogP contribution in [0.2, 0.25) is 10.0 Å². The number of fused-ring (bicyclic) bond motifs is 1. The van der Waals surface area contributed by atoms with E-state index in [1.54, 1.807) is 36.4 Å². The van der Waals surface area contributed by atoms with Gasteiger partial charge in [0.05, 0.1) is 21.2 Å². The molecule has 1 amide bonds. The van der Waals surface area contributed by atoms with Gasteiger partial charge in [0.1, 0.15) is 11.0 Å². The first-order valence-electron chi connectivity index (χ1n) is 8.71. The van der Waals surface area contributed by atoms with Gasteiger partial charge in [-0.15, -0.1) is 10.2 Å². The van der Waals surface area contributed by atoms with Crippen LogP contribution >= 0.6 is 23.2 Å². The number of carbonyl (C=O) groups is 1. The van der Waals surface area contributed by atoms with Crippen LogP contribution < -0.4 is 5.32 Å². The molecule has 0 saturated carbocycles. The van der Waals surface area contributed by atoms with Crippen molar-refractivity contribution in [3.63, 3.8) is 0 Å². The molecule has 4 aromatic rings. The van der Waals surface area contributed by atoms with Crippen molar-refractivity contribution < 1.29 is 9.72 Å². The number of hydrogen-bond donors (Lipinski definition) is 1. The van der Waals surface area contributed by atoms with Crippen molar-refractivity contribution in [1.82, 2.24) is 15.0 Å². The summed E-state index contributed by atoms with van der Waals surface area (Å²) in [6.45, 7) is 1.81. The molecule has 3 aromatic carbocycles. The third kappa shape index (κ3) is 3.83. The van der Waals surface area contributed by atoms with Crippen molar-refractivity contribution in [1.29, 1.82) is 0 Å². The predicted molar refractivity (Wildman–Crippen MR) is 115 cm³/mol. The Morgan fingerprint density at radius 1 is 1.03 bits per heavy atom. The van der Waals surface area contributed by atoms with E-state index in [1.807, 2.05) is 6.92 Å². The van der Waals surface area contributed by atoms with Gasteiger partial charge < -0.3 is 5.32 Å². The number of amides is 1. The van der Waals surface area contributed by atoms with Crippen molar-refractivity contribution in [2.45, 2.75) is 6.92 Å². The Labute approximate surface area is 180 Å². The van der Waals surface area contributed by atoms with Gasteiger partial charge in [-0.3, -0.25) is 14.9 Å². The molecule has 0 atom stereocenters. The number of nitro benzene ring substituents is 1. The van der Waals surface area contributed by atoms with Crippen molar-refractivity contribution >= 4 is 51.5 Å². The number of hydrogen-bond acceptors (Lipinski definition) is 5. The number of carbonyl (C=O) groups excluding carboxylic acids is 1. The van der Waals surface area contributed by atoms with Crippen LogP contribution in [0.1, 0.15) is 15.9 Å². The van der Waals surface area contributed by atoms with Gasteiger partial charge in [-0.25, -0.2) is 0 Å². The highest BCUT2D eigenvalue weighted by Crippen LogP contribution is 2.26. The Hall–Kier alpha value is -3.49. The number of anilines is 1. The van der Waals surface area contributed by atoms with E-state index in [1.165, 1.54) is 16.9 Å². The number of aryl methyl sites for hydroxylation is 1. The van der Waals surface area contributed by atoms with E-state index in [-0.39, 0.29) is 16.3 Å². The minimum atomic E-state index is -0.584. The molecule has 0 fully saturated rings. The topological polar surface area (TPSA) is 103 Å². The quantitative estimate of drug-likeness (QED) is 0.346. The molecule has 1 heterocycles. The first kappa shape index (κ1) is 19.8. The van der Waals surface area contributed by atoms with Crippen LogP contribution in [0, 0.1) is 17.0 Å². The molecule has 4 rings (SSSR count). The molecule has 10 heteroatoms. The van der Waals surface area contributed by atoms with Crippen LogP contribution in [0.15, 0.2) is 54.6 Å². The smallest absolute Gasteiger partial charge is 0.270 e. The summed E-state index contributed by atoms with van der Waals surface area (Å²) in [4.78, 5) is 24.6. The summed E-state index contributed by atoms with van der Waals surface area (Å²) in [7, 11) is 0. The third-order valence-electron chi connectivity index (χ3n) is 4.44. The van der Waals surface area contributed by atoms with Gasteiger partial charge in [0, 0.05) is 22.8 Å². The standard InChI is InChI=1S/C20H13Cl2N5O3/c1-11-8-18-19(25-26(24-18)13-4-2-12(21)3-5-13)10-17(11)23-20(28)15-9-14(27(29)30)6-7-16(15)22/h2-10H,1H3,(H,23,28). The molecule has 0 aliphatic rings. The van der Waals surface area contributed by atoms with Crippen LogP contribution in [0.25, 0.3) is 16.7 Å². The number of nitrogens with one attached hydrogen (secondary N) is 1. The summed E-state index contributed by atoms with van der Waals surface area (Å²) in [6, 6.07) is 14.3. The van der Waals surface area contributed by atoms with Crippen LogP contribution in [-0.4, -0.2) is 25.8 Å². The number of benzene rings is 3. The van der Waals surface area contributed by atoms with Crippen LogP contribution in [0.4, 0.5) is 11.4 Å². The molecule has 1 aromatic heterocycles. The Morgan fingerprint density at radius 3 is 2.37 bits per heavy atom. The lowest BCUT2D eigenvalue weighted by Gasteiger charge is -2.09. The fourth-order valence-electron chi connectivity index (χ4n) is 2.88. The highest BCUT2D eigenvalue weighted by atomic mass is 35.5. The fraction of sp³-hybridized carbons (Fsp3) is 0.0500. The molecule has 8 nitrogen and oxygen atoms in total. The second-order valence-electron chi connectivity index (χ2n) is 6.50. The van der Waals surface area contributed by atoms with Gasteiger partial charge in [-0.2, -0.15) is 4.80 Å². The monoisotopic (exact) mass is 441 g/mol. The molecular formula is C20H13Cl2N5O3. The van der Waals surface area contributed by atoms with E-state index in [2.05, 4.69) is 15.5 Å². The molecule has 0 bridgehead atoms. The van der Waals surface area contributed by atoms with Gasteiger partial charge in [-0.05, 0) is 55.0 Å². The van der Waals surface area contributed by atoms with Gasteiger partial charge in [-0.1, -0.05) is 23.2 Å². The normalized spacial score (nSPS) is 10.9. The first-order chi connectivity index (χ1) is 14.3. The van der Waals surface area contributed by atoms with Crippen molar-refractivity contribution in [3.05, 3.63) is 85.9 Å². The molecular weight excluding hydrogens is 429 g/mol. The Bertz CT molecular complexity index is 1300. The number of non-ortho nitro benzene ring substituents is 1. The average molecular weight is 442 g/mol. The molecule has 0 unspecified atom stereocenters. The van der Waals surface area contributed by atoms with Gasteiger partial charge in [0.25, 0.3) is 11.6 Å². The second-order valence-corrected chi connectivity index (χ2v) is 7.34. The van der Waals surface area contributed by atoms with Gasteiger partial charge >= 0.3 is 0 Å². The molecule has 0 saturated heterocycles. The molecule has 150 valence electrons. The lowest BCUT2D eigenvalue weighted by atomic mass is 10.1. The number of halogens is 2. The average Bonchev–Trinajstić information content (AvgIpc) is 3.11. The zero-order valence-electron chi connectivity index (χ0n) is 15.5. The Morgan fingerprint density at radius 2 is 1.70 bits per heavy atom. The summed E-state index contributed by atoms with van der Waals surface area (Å²) in [6.07, 6.45) is 0. The first-order valence-corrected chi connectivity index (χ1v) is 9.46. The predicted octanol–water partition coefficient (Wildman–Crippen LogP) is 5.20. The molecule has 1 N–H and O–H groups in total. The zero-order valence-corrected chi connectivity index (χ0v) is 17.0. The Kier molecular flexibility index (Phi) is 5.11. The maximum absolute atomic E-state index is 12.7. The largest absolute Gasteiger partial charge is 0.322 e. The van der Waals surface area contributed by atoms with Gasteiger partial charge in [0.2, 0.25) is 0 Å². The van der Waals surface area contributed by atoms with Crippen LogP contribution in [-0.2, 0) is 0 Å². The highest BCUT2D eigenvalue weighted by molar-refractivity contribution is 6.34. The SMILES string of the molecule is Cc1cc2nn(-c3ccc(Cl)cc3)nc2cc1NC(=O)c1cc([N+](=O)[O-])ccc1Cl. The van der Waals surface area contributed by atoms with Crippen LogP contribution in [0.3, 0.4) is 0 Å². The number of rotatable bonds is 4. The third-order valence-corrected chi connectivity index (χ3v) is 5.02. The highest BCUT2D eigenvalue weighted by Gasteiger charge is 2.17. The second kappa shape index (κ2) is 7.74. The molecule has 0 aliphatic heterocycles. The van der Waals surface area contributed by atoms with Gasteiger partial charge in [0.15, 0.2) is 0 Å². The maximum atomic E-state index is 12.7. The summed E-state index contributed by atoms with van der Waals surface area (Å²) in [5.74, 6) is -0.559. The number of nitro groups is 1. The van der Waals surface area contributed by atoms with Crippen molar-refractivity contribution in [3.8, 4) is 5.69 Å². The van der Waals surface area contributed by atoms with Crippen molar-refractivity contribution in [2.75, 3.05) is 5.32 Å². The summed E-state index contributed by atoms with van der Waals surface area (Å²) in [5, 5.41) is 23.4. The van der Waals surface area contributed by atoms with E-state index in [9.17, 15) is 14.9 Å². The summed E-state index contributed by atoms with van der Waals surface area (Å²) < 4.78 is 0. The lowest BCUT2D eigenvalue weighted by molar-refractivity contribution is -0.384. The minimum absolute atomic E-state index is 0.00943. The maximum Gasteiger partial charge on any atom is 0.270 e. The lowest BCUT2D eigenvalue weighted by Crippen LogP contribution is -2.13. The number of aromatic nitrogens is 3.